The van der Waals surface area contributed by atoms with Gasteiger partial charge in [0.2, 0.25) is 0 Å². The molecule has 0 radical (unpaired) electrons. The third-order valence-corrected chi connectivity index (χ3v) is 4.32. The number of nitriles is 1. The fourth-order valence-corrected chi connectivity index (χ4v) is 3.36. The van der Waals surface area contributed by atoms with Crippen LogP contribution >= 0.6 is 22.9 Å². The molecule has 2 N–H and O–H groups in total. The zero-order valence-electron chi connectivity index (χ0n) is 11.1. The summed E-state index contributed by atoms with van der Waals surface area (Å²) in [6, 6.07) is 6.37. The Balaban J connectivity index is 2.88. The van der Waals surface area contributed by atoms with Gasteiger partial charge >= 0.3 is 0 Å². The Morgan fingerprint density at radius 2 is 2.22 bits per heavy atom. The van der Waals surface area contributed by atoms with Crippen molar-refractivity contribution in [1.29, 1.82) is 5.26 Å². The van der Waals surface area contributed by atoms with Crippen LogP contribution in [0.3, 0.4) is 0 Å². The summed E-state index contributed by atoms with van der Waals surface area (Å²) in [5, 5.41) is 8.91. The Kier molecular flexibility index (Phi) is 6.10. The van der Waals surface area contributed by atoms with Gasteiger partial charge in [0.05, 0.1) is 22.4 Å². The molecule has 1 heterocycles. The molecule has 5 heteroatoms. The number of likely N-dealkylation sites (N-methyl/N-ethyl adjacent to an activating group) is 1. The topological polar surface area (TPSA) is 53.0 Å². The molecule has 0 saturated heterocycles. The largest absolute Gasteiger partial charge is 0.326 e. The summed E-state index contributed by atoms with van der Waals surface area (Å²) < 4.78 is 0.778. The molecule has 3 unspecified atom stereocenters. The Hall–Kier alpha value is -0.600. The Bertz CT molecular complexity index is 413. The van der Waals surface area contributed by atoms with Crippen LogP contribution in [0.1, 0.15) is 31.2 Å². The van der Waals surface area contributed by atoms with Gasteiger partial charge in [-0.1, -0.05) is 18.5 Å². The minimum Gasteiger partial charge on any atom is -0.326 e. The predicted octanol–water partition coefficient (Wildman–Crippen LogP) is 3.27. The van der Waals surface area contributed by atoms with Gasteiger partial charge in [0.15, 0.2) is 0 Å². The van der Waals surface area contributed by atoms with Gasteiger partial charge in [-0.05, 0) is 32.5 Å². The third-order valence-electron chi connectivity index (χ3n) is 3.02. The maximum Gasteiger partial charge on any atom is 0.0931 e. The Labute approximate surface area is 118 Å². The number of rotatable bonds is 6. The highest BCUT2D eigenvalue weighted by Gasteiger charge is 2.25. The van der Waals surface area contributed by atoms with Crippen molar-refractivity contribution in [3.05, 3.63) is 21.3 Å². The highest BCUT2D eigenvalue weighted by Crippen LogP contribution is 2.32. The molecule has 0 bridgehead atoms. The van der Waals surface area contributed by atoms with Gasteiger partial charge in [0.25, 0.3) is 0 Å². The highest BCUT2D eigenvalue weighted by atomic mass is 35.5. The van der Waals surface area contributed by atoms with Crippen LogP contribution in [0.4, 0.5) is 0 Å². The van der Waals surface area contributed by atoms with E-state index in [1.807, 2.05) is 26.1 Å². The number of hydrogen-bond donors (Lipinski definition) is 1. The quantitative estimate of drug-likeness (QED) is 0.873. The molecule has 1 aromatic heterocycles. The van der Waals surface area contributed by atoms with Crippen LogP contribution in [0.2, 0.25) is 4.34 Å². The monoisotopic (exact) mass is 285 g/mol. The third kappa shape index (κ3) is 3.96. The van der Waals surface area contributed by atoms with Crippen molar-refractivity contribution in [2.75, 3.05) is 13.6 Å². The molecule has 18 heavy (non-hydrogen) atoms. The summed E-state index contributed by atoms with van der Waals surface area (Å²) in [6.07, 6.45) is 0.894. The van der Waals surface area contributed by atoms with E-state index < -0.39 is 0 Å². The maximum absolute atomic E-state index is 8.91. The summed E-state index contributed by atoms with van der Waals surface area (Å²) in [6.45, 7) is 4.71. The van der Waals surface area contributed by atoms with Crippen molar-refractivity contribution in [3.63, 3.8) is 0 Å². The van der Waals surface area contributed by atoms with Gasteiger partial charge < -0.3 is 5.73 Å². The molecule has 1 rings (SSSR count). The highest BCUT2D eigenvalue weighted by molar-refractivity contribution is 7.16. The van der Waals surface area contributed by atoms with Gasteiger partial charge in [0, 0.05) is 17.5 Å². The first kappa shape index (κ1) is 15.5. The van der Waals surface area contributed by atoms with Crippen LogP contribution in [-0.4, -0.2) is 24.5 Å². The van der Waals surface area contributed by atoms with Gasteiger partial charge in [0.1, 0.15) is 0 Å². The zero-order valence-corrected chi connectivity index (χ0v) is 12.6. The molecule has 0 aliphatic carbocycles. The molecule has 0 aliphatic rings. The number of nitrogens with zero attached hydrogens (tertiary/aromatic N) is 2. The van der Waals surface area contributed by atoms with Gasteiger partial charge in [-0.25, -0.2) is 0 Å². The predicted molar refractivity (Wildman–Crippen MR) is 77.7 cm³/mol. The lowest BCUT2D eigenvalue weighted by molar-refractivity contribution is 0.200. The zero-order chi connectivity index (χ0) is 13.7. The van der Waals surface area contributed by atoms with E-state index in [1.54, 1.807) is 11.3 Å². The summed E-state index contributed by atoms with van der Waals surface area (Å²) in [5.74, 6) is -0.00279. The molecule has 0 fully saturated rings. The normalized spacial score (nSPS) is 16.3. The fourth-order valence-electron chi connectivity index (χ4n) is 2.05. The molecule has 0 aliphatic heterocycles. The summed E-state index contributed by atoms with van der Waals surface area (Å²) in [4.78, 5) is 3.33. The first-order chi connectivity index (χ1) is 8.49. The van der Waals surface area contributed by atoms with Crippen molar-refractivity contribution in [2.24, 2.45) is 11.7 Å². The number of halogens is 1. The molecule has 0 amide bonds. The number of nitrogens with two attached hydrogens (primary N) is 1. The second kappa shape index (κ2) is 7.10. The van der Waals surface area contributed by atoms with E-state index in [-0.39, 0.29) is 18.0 Å². The average Bonchev–Trinajstić information content (AvgIpc) is 2.75. The van der Waals surface area contributed by atoms with E-state index >= 15 is 0 Å². The van der Waals surface area contributed by atoms with Crippen molar-refractivity contribution in [2.45, 2.75) is 32.4 Å². The minimum absolute atomic E-state index is 0.00279. The summed E-state index contributed by atoms with van der Waals surface area (Å²) >= 11 is 7.56. The maximum atomic E-state index is 8.91. The SMILES string of the molecule is CCC(N)C(c1ccc(Cl)s1)N(C)CC(C)C#N. The lowest BCUT2D eigenvalue weighted by Gasteiger charge is -2.32. The van der Waals surface area contributed by atoms with Crippen LogP contribution in [0.15, 0.2) is 12.1 Å². The van der Waals surface area contributed by atoms with Crippen LogP contribution in [-0.2, 0) is 0 Å². The molecule has 0 saturated carbocycles. The molecular formula is C13H20ClN3S. The lowest BCUT2D eigenvalue weighted by atomic mass is 10.0. The lowest BCUT2D eigenvalue weighted by Crippen LogP contribution is -2.40. The van der Waals surface area contributed by atoms with Gasteiger partial charge in [-0.15, -0.1) is 11.3 Å². The van der Waals surface area contributed by atoms with E-state index in [1.165, 1.54) is 4.88 Å². The van der Waals surface area contributed by atoms with E-state index in [4.69, 9.17) is 22.6 Å². The van der Waals surface area contributed by atoms with Crippen molar-refractivity contribution in [3.8, 4) is 6.07 Å². The molecule has 3 nitrogen and oxygen atoms in total. The summed E-state index contributed by atoms with van der Waals surface area (Å²) in [5.41, 5.74) is 6.22. The van der Waals surface area contributed by atoms with E-state index in [0.717, 1.165) is 10.8 Å². The van der Waals surface area contributed by atoms with Crippen molar-refractivity contribution >= 4 is 22.9 Å². The number of thiophene rings is 1. The first-order valence-electron chi connectivity index (χ1n) is 6.10. The van der Waals surface area contributed by atoms with Crippen LogP contribution in [0, 0.1) is 17.2 Å². The molecule has 100 valence electrons. The first-order valence-corrected chi connectivity index (χ1v) is 7.29. The van der Waals surface area contributed by atoms with Crippen molar-refractivity contribution in [1.82, 2.24) is 4.90 Å². The van der Waals surface area contributed by atoms with Crippen LogP contribution in [0.25, 0.3) is 0 Å². The molecular weight excluding hydrogens is 266 g/mol. The van der Waals surface area contributed by atoms with Gasteiger partial charge in [-0.2, -0.15) is 5.26 Å². The minimum atomic E-state index is -0.00279. The summed E-state index contributed by atoms with van der Waals surface area (Å²) in [7, 11) is 2.02. The Morgan fingerprint density at radius 3 is 2.67 bits per heavy atom. The van der Waals surface area contributed by atoms with E-state index in [2.05, 4.69) is 17.9 Å². The average molecular weight is 286 g/mol. The van der Waals surface area contributed by atoms with E-state index in [0.29, 0.717) is 6.54 Å². The second-order valence-electron chi connectivity index (χ2n) is 4.63. The fraction of sp³-hybridized carbons (Fsp3) is 0.615. The smallest absolute Gasteiger partial charge is 0.0931 e. The molecule has 1 aromatic rings. The second-order valence-corrected chi connectivity index (χ2v) is 6.38. The molecule has 3 atom stereocenters. The van der Waals surface area contributed by atoms with Crippen molar-refractivity contribution < 1.29 is 0 Å². The van der Waals surface area contributed by atoms with Gasteiger partial charge in [-0.3, -0.25) is 4.90 Å². The van der Waals surface area contributed by atoms with Crippen LogP contribution in [0.5, 0.6) is 0 Å². The van der Waals surface area contributed by atoms with E-state index in [9.17, 15) is 0 Å². The Morgan fingerprint density at radius 1 is 1.56 bits per heavy atom. The standard InChI is InChI=1S/C13H20ClN3S/c1-4-10(16)13(11-5-6-12(14)18-11)17(3)8-9(2)7-15/h5-6,9-10,13H,4,8,16H2,1-3H3. The molecule has 0 spiro atoms. The molecule has 0 aromatic carbocycles. The van der Waals surface area contributed by atoms with Crippen LogP contribution < -0.4 is 5.73 Å². The number of hydrogen-bond acceptors (Lipinski definition) is 4.